The van der Waals surface area contributed by atoms with Crippen molar-refractivity contribution in [3.05, 3.63) is 75.9 Å². The predicted molar refractivity (Wildman–Crippen MR) is 138 cm³/mol. The van der Waals surface area contributed by atoms with Gasteiger partial charge in [-0.3, -0.25) is 14.5 Å². The molecule has 2 heterocycles. The molecule has 2 aromatic carbocycles. The minimum absolute atomic E-state index is 0.118. The largest absolute Gasteiger partial charge is 0.507 e. The van der Waals surface area contributed by atoms with Crippen LogP contribution in [0.5, 0.6) is 5.75 Å². The van der Waals surface area contributed by atoms with Gasteiger partial charge in [-0.15, -0.1) is 0 Å². The average molecular weight is 488 g/mol. The van der Waals surface area contributed by atoms with Crippen LogP contribution < -0.4 is 0 Å². The van der Waals surface area contributed by atoms with Gasteiger partial charge in [0.15, 0.2) is 0 Å². The van der Waals surface area contributed by atoms with Crippen molar-refractivity contribution in [3.8, 4) is 5.75 Å². The molecule has 0 radical (unpaired) electrons. The molecule has 2 aromatic rings. The van der Waals surface area contributed by atoms with Gasteiger partial charge in [0, 0.05) is 13.0 Å². The molecule has 6 nitrogen and oxygen atoms in total. The number of rotatable bonds is 6. The smallest absolute Gasteiger partial charge is 0.233 e. The number of amides is 2. The molecule has 5 rings (SSSR count). The lowest BCUT2D eigenvalue weighted by molar-refractivity contribution is -0.138. The highest BCUT2D eigenvalue weighted by molar-refractivity contribution is 6.05. The molecule has 2 aliphatic heterocycles. The Hall–Kier alpha value is -3.22. The topological polar surface area (TPSA) is 87.1 Å². The monoisotopic (exact) mass is 487 g/mol. The zero-order valence-electron chi connectivity index (χ0n) is 21.0. The Morgan fingerprint density at radius 2 is 1.78 bits per heavy atom. The first-order valence-electron chi connectivity index (χ1n) is 12.6. The van der Waals surface area contributed by atoms with Gasteiger partial charge in [-0.05, 0) is 84.2 Å². The Balaban J connectivity index is 1.43. The normalized spacial score (nSPS) is 26.0. The number of aliphatic hydroxyl groups excluding tert-OH is 1. The second-order valence-corrected chi connectivity index (χ2v) is 10.3. The molecule has 2 saturated heterocycles. The van der Waals surface area contributed by atoms with Crippen LogP contribution in [0, 0.1) is 31.6 Å². The first-order valence-corrected chi connectivity index (χ1v) is 12.6. The lowest BCUT2D eigenvalue weighted by Gasteiger charge is -2.31. The van der Waals surface area contributed by atoms with E-state index in [0.29, 0.717) is 25.2 Å². The first kappa shape index (κ1) is 24.5. The van der Waals surface area contributed by atoms with Crippen LogP contribution in [-0.2, 0) is 14.3 Å². The van der Waals surface area contributed by atoms with Gasteiger partial charge < -0.3 is 14.9 Å². The van der Waals surface area contributed by atoms with Crippen LogP contribution in [-0.4, -0.2) is 53.3 Å². The minimum atomic E-state index is -0.387. The van der Waals surface area contributed by atoms with E-state index < -0.39 is 0 Å². The Morgan fingerprint density at radius 1 is 1.08 bits per heavy atom. The van der Waals surface area contributed by atoms with Crippen LogP contribution in [0.1, 0.15) is 41.5 Å². The Morgan fingerprint density at radius 3 is 2.44 bits per heavy atom. The van der Waals surface area contributed by atoms with Crippen molar-refractivity contribution in [3.63, 3.8) is 0 Å². The third-order valence-corrected chi connectivity index (χ3v) is 8.09. The molecule has 0 spiro atoms. The number of hydrogen-bond donors (Lipinski definition) is 2. The highest BCUT2D eigenvalue weighted by atomic mass is 16.5. The van der Waals surface area contributed by atoms with E-state index in [1.807, 2.05) is 44.2 Å². The summed E-state index contributed by atoms with van der Waals surface area (Å²) in [5.41, 5.74) is 6.86. The molecule has 6 heteroatoms. The molecule has 0 unspecified atom stereocenters. The molecular formula is C30H33NO5. The van der Waals surface area contributed by atoms with Gasteiger partial charge in [-0.25, -0.2) is 0 Å². The maximum atomic E-state index is 12.9. The molecule has 36 heavy (non-hydrogen) atoms. The maximum Gasteiger partial charge on any atom is 0.233 e. The van der Waals surface area contributed by atoms with Gasteiger partial charge in [0.05, 0.1) is 31.2 Å². The zero-order chi connectivity index (χ0) is 25.6. The van der Waals surface area contributed by atoms with Crippen LogP contribution in [0.2, 0.25) is 0 Å². The number of likely N-dealkylation sites (tertiary alicyclic amines) is 1. The second-order valence-electron chi connectivity index (χ2n) is 10.3. The average Bonchev–Trinajstić information content (AvgIpc) is 3.40. The van der Waals surface area contributed by atoms with E-state index in [-0.39, 0.29) is 42.3 Å². The number of ether oxygens (including phenoxy) is 1. The number of imide groups is 1. The number of phenolic OH excluding ortho intramolecular Hbond substituents is 1. The third-order valence-electron chi connectivity index (χ3n) is 8.09. The van der Waals surface area contributed by atoms with Crippen LogP contribution in [0.4, 0.5) is 0 Å². The second kappa shape index (κ2) is 9.68. The molecular weight excluding hydrogens is 454 g/mol. The van der Waals surface area contributed by atoms with Gasteiger partial charge in [0.2, 0.25) is 11.8 Å². The van der Waals surface area contributed by atoms with E-state index in [4.69, 9.17) is 4.74 Å². The maximum absolute atomic E-state index is 12.9. The number of aliphatic hydroxyl groups is 1. The SMILES string of the molecule is Cc1cc(/C=C(/CC[C@H]2OC[C@H]3C2=C(CO)C[C@H]2C(=O)N(C)C(=O)[C@H]23)c2ccccc2)cc(C)c1O. The van der Waals surface area contributed by atoms with Crippen molar-refractivity contribution < 1.29 is 24.5 Å². The van der Waals surface area contributed by atoms with Crippen LogP contribution in [0.25, 0.3) is 11.6 Å². The van der Waals surface area contributed by atoms with Gasteiger partial charge >= 0.3 is 0 Å². The van der Waals surface area contributed by atoms with E-state index >= 15 is 0 Å². The van der Waals surface area contributed by atoms with Gasteiger partial charge in [-0.2, -0.15) is 0 Å². The summed E-state index contributed by atoms with van der Waals surface area (Å²) in [4.78, 5) is 26.7. The van der Waals surface area contributed by atoms with Crippen molar-refractivity contribution in [1.82, 2.24) is 4.90 Å². The number of aryl methyl sites for hydroxylation is 2. The van der Waals surface area contributed by atoms with E-state index in [2.05, 4.69) is 18.2 Å². The fourth-order valence-corrected chi connectivity index (χ4v) is 6.29. The lowest BCUT2D eigenvalue weighted by atomic mass is 9.69. The van der Waals surface area contributed by atoms with Crippen molar-refractivity contribution >= 4 is 23.5 Å². The summed E-state index contributed by atoms with van der Waals surface area (Å²) in [6.45, 7) is 4.09. The fraction of sp³-hybridized carbons (Fsp3) is 0.400. The predicted octanol–water partition coefficient (Wildman–Crippen LogP) is 4.27. The molecule has 3 aliphatic rings. The number of allylic oxidation sites excluding steroid dienone is 1. The van der Waals surface area contributed by atoms with Crippen molar-refractivity contribution in [2.45, 2.75) is 39.2 Å². The summed E-state index contributed by atoms with van der Waals surface area (Å²) in [7, 11) is 1.55. The van der Waals surface area contributed by atoms with Crippen LogP contribution in [0.15, 0.2) is 53.6 Å². The van der Waals surface area contributed by atoms with Gasteiger partial charge in [0.1, 0.15) is 5.75 Å². The number of benzene rings is 2. The number of carbonyl (C=O) groups is 2. The van der Waals surface area contributed by atoms with Crippen molar-refractivity contribution in [2.24, 2.45) is 17.8 Å². The highest BCUT2D eigenvalue weighted by Crippen LogP contribution is 2.49. The van der Waals surface area contributed by atoms with E-state index in [9.17, 15) is 19.8 Å². The minimum Gasteiger partial charge on any atom is -0.507 e. The quantitative estimate of drug-likeness (QED) is 0.361. The summed E-state index contributed by atoms with van der Waals surface area (Å²) in [6.07, 6.45) is 3.84. The summed E-state index contributed by atoms with van der Waals surface area (Å²) < 4.78 is 6.24. The van der Waals surface area contributed by atoms with E-state index in [1.54, 1.807) is 7.05 Å². The molecule has 1 aliphatic carbocycles. The summed E-state index contributed by atoms with van der Waals surface area (Å²) in [5, 5.41) is 20.4. The molecule has 2 amide bonds. The van der Waals surface area contributed by atoms with Crippen LogP contribution >= 0.6 is 0 Å². The molecule has 2 N–H and O–H groups in total. The molecule has 2 fully saturated rings. The number of fused-ring (bicyclic) bond motifs is 3. The molecule has 0 bridgehead atoms. The van der Waals surface area contributed by atoms with Gasteiger partial charge in [0.25, 0.3) is 0 Å². The van der Waals surface area contributed by atoms with Crippen molar-refractivity contribution in [1.29, 1.82) is 0 Å². The number of nitrogens with zero attached hydrogens (tertiary/aromatic N) is 1. The van der Waals surface area contributed by atoms with E-state index in [1.165, 1.54) is 4.90 Å². The van der Waals surface area contributed by atoms with Crippen LogP contribution in [0.3, 0.4) is 0 Å². The number of hydrogen-bond acceptors (Lipinski definition) is 5. The standard InChI is InChI=1S/C30H33NO5/c1-17-11-19(12-18(2)28(17)33)13-21(20-7-5-4-6-8-20)9-10-25-26-22(15-32)14-23-27(24(26)16-36-25)30(35)31(3)29(23)34/h4-8,11-13,23-25,27,32-33H,9-10,14-16H2,1-3H3/b21-13-/t23-,24+,25-,27-/m1/s1. The summed E-state index contributed by atoms with van der Waals surface area (Å²) in [6, 6.07) is 14.2. The molecule has 188 valence electrons. The summed E-state index contributed by atoms with van der Waals surface area (Å²) in [5.74, 6) is -0.873. The zero-order valence-corrected chi connectivity index (χ0v) is 21.0. The van der Waals surface area contributed by atoms with Crippen molar-refractivity contribution in [2.75, 3.05) is 20.3 Å². The first-order chi connectivity index (χ1) is 17.3. The number of phenols is 1. The summed E-state index contributed by atoms with van der Waals surface area (Å²) >= 11 is 0. The Bertz CT molecular complexity index is 1240. The molecule has 0 saturated carbocycles. The number of carbonyl (C=O) groups excluding carboxylic acids is 2. The van der Waals surface area contributed by atoms with E-state index in [0.717, 1.165) is 45.4 Å². The van der Waals surface area contributed by atoms with Gasteiger partial charge in [-0.1, -0.05) is 36.4 Å². The Kier molecular flexibility index (Phi) is 6.58. The Labute approximate surface area is 211 Å². The number of aromatic hydroxyl groups is 1. The molecule has 4 atom stereocenters. The third kappa shape index (κ3) is 4.18. The molecule has 0 aromatic heterocycles. The fourth-order valence-electron chi connectivity index (χ4n) is 6.29. The lowest BCUT2D eigenvalue weighted by Crippen LogP contribution is -2.34. The highest BCUT2D eigenvalue weighted by Gasteiger charge is 2.55.